The second kappa shape index (κ2) is 8.26. The summed E-state index contributed by atoms with van der Waals surface area (Å²) >= 11 is 0. The van der Waals surface area contributed by atoms with Crippen LogP contribution in [0.4, 0.5) is 11.5 Å². The van der Waals surface area contributed by atoms with Crippen LogP contribution < -0.4 is 16.0 Å². The lowest BCUT2D eigenvalue weighted by molar-refractivity contribution is 0.123. The van der Waals surface area contributed by atoms with Gasteiger partial charge < -0.3 is 25.8 Å². The smallest absolute Gasteiger partial charge is 0.147 e. The van der Waals surface area contributed by atoms with Gasteiger partial charge in [0.05, 0.1) is 31.0 Å². The lowest BCUT2D eigenvalue weighted by Gasteiger charge is -2.33. The first-order valence-corrected chi connectivity index (χ1v) is 10.8. The number of pyridine rings is 1. The molecule has 0 amide bonds. The second-order valence-electron chi connectivity index (χ2n) is 8.26. The highest BCUT2D eigenvalue weighted by atomic mass is 16.5. The van der Waals surface area contributed by atoms with Gasteiger partial charge in [0.1, 0.15) is 11.4 Å². The SMILES string of the molecule is Cc1cccc(C2(CO)C=NC=CN2)c1-c1ccc2nc(N)c(N3CCOCC3)cc2c1. The van der Waals surface area contributed by atoms with Crippen LogP contribution in [-0.2, 0) is 10.3 Å². The number of benzene rings is 2. The standard InChI is InChI=1S/C25H27N5O2/c1-17-3-2-4-20(25(16-31)15-27-7-8-28-25)23(17)18-5-6-21-19(13-18)14-22(24(26)29-21)30-9-11-32-12-10-30/h2-8,13-15,28,31H,9-12,16H2,1H3,(H2,26,29). The minimum absolute atomic E-state index is 0.107. The molecule has 3 aromatic rings. The van der Waals surface area contributed by atoms with Gasteiger partial charge in [0.2, 0.25) is 0 Å². The highest BCUT2D eigenvalue weighted by molar-refractivity contribution is 5.92. The van der Waals surface area contributed by atoms with E-state index in [2.05, 4.69) is 51.4 Å². The number of nitrogens with zero attached hydrogens (tertiary/aromatic N) is 3. The minimum Gasteiger partial charge on any atom is -0.393 e. The van der Waals surface area contributed by atoms with Gasteiger partial charge in [-0.2, -0.15) is 0 Å². The first-order valence-electron chi connectivity index (χ1n) is 10.8. The Hall–Kier alpha value is -3.42. The number of ether oxygens (including phenoxy) is 1. The average molecular weight is 430 g/mol. The van der Waals surface area contributed by atoms with E-state index in [0.717, 1.165) is 51.9 Å². The normalized spacial score (nSPS) is 20.5. The monoisotopic (exact) mass is 429 g/mol. The molecule has 7 heteroatoms. The number of aryl methyl sites for hydroxylation is 1. The molecule has 1 unspecified atom stereocenters. The van der Waals surface area contributed by atoms with E-state index in [-0.39, 0.29) is 6.61 Å². The summed E-state index contributed by atoms with van der Waals surface area (Å²) in [5.41, 5.74) is 11.6. The number of nitrogen functional groups attached to an aromatic ring is 1. The van der Waals surface area contributed by atoms with Gasteiger partial charge in [0, 0.05) is 37.1 Å². The maximum Gasteiger partial charge on any atom is 0.147 e. The first-order chi connectivity index (χ1) is 15.6. The second-order valence-corrected chi connectivity index (χ2v) is 8.26. The predicted octanol–water partition coefficient (Wildman–Crippen LogP) is 2.96. The van der Waals surface area contributed by atoms with E-state index in [4.69, 9.17) is 10.5 Å². The molecule has 0 spiro atoms. The van der Waals surface area contributed by atoms with Crippen LogP contribution in [0.1, 0.15) is 11.1 Å². The zero-order valence-corrected chi connectivity index (χ0v) is 18.1. The Morgan fingerprint density at radius 1 is 1.19 bits per heavy atom. The topological polar surface area (TPSA) is 96.0 Å². The zero-order chi connectivity index (χ0) is 22.1. The van der Waals surface area contributed by atoms with Gasteiger partial charge in [-0.25, -0.2) is 4.98 Å². The molecular formula is C25H27N5O2. The molecule has 0 saturated carbocycles. The third-order valence-electron chi connectivity index (χ3n) is 6.26. The molecule has 1 aromatic heterocycles. The Balaban J connectivity index is 1.64. The number of anilines is 2. The van der Waals surface area contributed by atoms with Gasteiger partial charge >= 0.3 is 0 Å². The summed E-state index contributed by atoms with van der Waals surface area (Å²) in [4.78, 5) is 11.2. The summed E-state index contributed by atoms with van der Waals surface area (Å²) in [6.45, 7) is 4.97. The van der Waals surface area contributed by atoms with Crippen LogP contribution in [-0.4, -0.2) is 49.2 Å². The Kier molecular flexibility index (Phi) is 5.28. The van der Waals surface area contributed by atoms with Crippen molar-refractivity contribution in [1.29, 1.82) is 0 Å². The number of fused-ring (bicyclic) bond motifs is 1. The van der Waals surface area contributed by atoms with Gasteiger partial charge in [-0.3, -0.25) is 4.99 Å². The fourth-order valence-electron chi connectivity index (χ4n) is 4.57. The molecule has 7 nitrogen and oxygen atoms in total. The Morgan fingerprint density at radius 2 is 2.03 bits per heavy atom. The molecule has 1 fully saturated rings. The summed E-state index contributed by atoms with van der Waals surface area (Å²) in [5, 5.41) is 14.6. The van der Waals surface area contributed by atoms with E-state index in [9.17, 15) is 5.11 Å². The van der Waals surface area contributed by atoms with E-state index in [1.165, 1.54) is 0 Å². The Labute approximate surface area is 187 Å². The lowest BCUT2D eigenvalue weighted by Crippen LogP contribution is -2.46. The molecule has 2 aliphatic rings. The van der Waals surface area contributed by atoms with Gasteiger partial charge in [0.15, 0.2) is 0 Å². The molecule has 3 heterocycles. The van der Waals surface area contributed by atoms with Crippen LogP contribution in [0.2, 0.25) is 0 Å². The molecule has 2 aromatic carbocycles. The average Bonchev–Trinajstić information content (AvgIpc) is 2.84. The fourth-order valence-corrected chi connectivity index (χ4v) is 4.57. The molecule has 32 heavy (non-hydrogen) atoms. The van der Waals surface area contributed by atoms with Crippen molar-refractivity contribution in [3.05, 3.63) is 66.0 Å². The van der Waals surface area contributed by atoms with Crippen LogP contribution in [0.25, 0.3) is 22.0 Å². The summed E-state index contributed by atoms with van der Waals surface area (Å²) in [6, 6.07) is 14.5. The van der Waals surface area contributed by atoms with Gasteiger partial charge in [-0.15, -0.1) is 0 Å². The molecule has 0 radical (unpaired) electrons. The first kappa shape index (κ1) is 20.5. The minimum atomic E-state index is -0.774. The van der Waals surface area contributed by atoms with Crippen molar-refractivity contribution < 1.29 is 9.84 Å². The third-order valence-corrected chi connectivity index (χ3v) is 6.26. The number of aromatic nitrogens is 1. The summed E-state index contributed by atoms with van der Waals surface area (Å²) in [6.07, 6.45) is 5.22. The van der Waals surface area contributed by atoms with Gasteiger partial charge in [-0.1, -0.05) is 24.3 Å². The van der Waals surface area contributed by atoms with Crippen molar-refractivity contribution in [1.82, 2.24) is 10.3 Å². The van der Waals surface area contributed by atoms with E-state index < -0.39 is 5.54 Å². The molecular weight excluding hydrogens is 402 g/mol. The van der Waals surface area contributed by atoms with Crippen molar-refractivity contribution in [3.63, 3.8) is 0 Å². The highest BCUT2D eigenvalue weighted by Gasteiger charge is 2.33. The summed E-state index contributed by atoms with van der Waals surface area (Å²) in [7, 11) is 0. The molecule has 4 N–H and O–H groups in total. The zero-order valence-electron chi connectivity index (χ0n) is 18.1. The molecule has 164 valence electrons. The van der Waals surface area contributed by atoms with Crippen LogP contribution in [0.3, 0.4) is 0 Å². The predicted molar refractivity (Wildman–Crippen MR) is 129 cm³/mol. The number of nitrogens with two attached hydrogens (primary N) is 1. The van der Waals surface area contributed by atoms with Crippen molar-refractivity contribution >= 4 is 28.6 Å². The van der Waals surface area contributed by atoms with Crippen molar-refractivity contribution in [2.45, 2.75) is 12.5 Å². The fraction of sp³-hybridized carbons (Fsp3) is 0.280. The molecule has 5 rings (SSSR count). The van der Waals surface area contributed by atoms with E-state index in [1.807, 2.05) is 18.2 Å². The number of nitrogens with one attached hydrogen (secondary N) is 1. The lowest BCUT2D eigenvalue weighted by atomic mass is 9.83. The Morgan fingerprint density at radius 3 is 2.78 bits per heavy atom. The van der Waals surface area contributed by atoms with Crippen LogP contribution >= 0.6 is 0 Å². The number of aliphatic hydroxyl groups is 1. The van der Waals surface area contributed by atoms with Crippen LogP contribution in [0.5, 0.6) is 0 Å². The molecule has 0 bridgehead atoms. The number of hydrogen-bond acceptors (Lipinski definition) is 7. The molecule has 0 aliphatic carbocycles. The van der Waals surface area contributed by atoms with E-state index in [0.29, 0.717) is 19.0 Å². The van der Waals surface area contributed by atoms with Crippen LogP contribution in [0.15, 0.2) is 59.9 Å². The Bertz CT molecular complexity index is 1220. The van der Waals surface area contributed by atoms with Gasteiger partial charge in [0.25, 0.3) is 0 Å². The highest BCUT2D eigenvalue weighted by Crippen LogP contribution is 2.37. The third kappa shape index (κ3) is 3.49. The van der Waals surface area contributed by atoms with Crippen molar-refractivity contribution in [2.24, 2.45) is 4.99 Å². The maximum atomic E-state index is 10.3. The summed E-state index contributed by atoms with van der Waals surface area (Å²) < 4.78 is 5.48. The summed E-state index contributed by atoms with van der Waals surface area (Å²) in [5.74, 6) is 0.539. The number of aliphatic imine (C=N–C) groups is 1. The van der Waals surface area contributed by atoms with Crippen molar-refractivity contribution in [2.75, 3.05) is 43.5 Å². The molecule has 1 atom stereocenters. The molecule has 2 aliphatic heterocycles. The van der Waals surface area contributed by atoms with E-state index in [1.54, 1.807) is 18.6 Å². The molecule has 1 saturated heterocycles. The van der Waals surface area contributed by atoms with Crippen molar-refractivity contribution in [3.8, 4) is 11.1 Å². The van der Waals surface area contributed by atoms with Crippen LogP contribution in [0, 0.1) is 6.92 Å². The number of aliphatic hydroxyl groups excluding tert-OH is 1. The number of morpholine rings is 1. The number of rotatable bonds is 4. The maximum absolute atomic E-state index is 10.3. The largest absolute Gasteiger partial charge is 0.393 e. The quantitative estimate of drug-likeness (QED) is 0.590. The van der Waals surface area contributed by atoms with Gasteiger partial charge in [-0.05, 0) is 47.4 Å². The van der Waals surface area contributed by atoms with E-state index >= 15 is 0 Å². The number of hydrogen-bond donors (Lipinski definition) is 3.